The molecule has 0 aliphatic heterocycles. The summed E-state index contributed by atoms with van der Waals surface area (Å²) in [5.74, 6) is 0. The zero-order valence-electron chi connectivity index (χ0n) is 9.66. The number of rotatable bonds is 5. The molecule has 0 aromatic carbocycles. The number of aromatic nitrogens is 2. The van der Waals surface area contributed by atoms with E-state index in [1.807, 2.05) is 11.9 Å². The molecule has 8 heteroatoms. The Morgan fingerprint density at radius 2 is 1.88 bits per heavy atom. The molecule has 1 aromatic rings. The van der Waals surface area contributed by atoms with Crippen LogP contribution >= 0.6 is 0 Å². The molecule has 0 saturated carbocycles. The van der Waals surface area contributed by atoms with Gasteiger partial charge in [-0.25, -0.2) is 17.9 Å². The van der Waals surface area contributed by atoms with Crippen molar-refractivity contribution in [2.24, 2.45) is 0 Å². The fourth-order valence-electron chi connectivity index (χ4n) is 1.37. The molecule has 3 N–H and O–H groups in total. The lowest BCUT2D eigenvalue weighted by molar-refractivity contribution is 0.575. The SMILES string of the molecule is CCCCNS(=O)(=O)c1c(C)[nH]c(=O)[nH]c1=O. The Hall–Kier alpha value is -1.41. The quantitative estimate of drug-likeness (QED) is 0.617. The Bertz CT molecular complexity index is 599. The van der Waals surface area contributed by atoms with E-state index in [0.29, 0.717) is 6.42 Å². The van der Waals surface area contributed by atoms with E-state index in [2.05, 4.69) is 9.71 Å². The monoisotopic (exact) mass is 261 g/mol. The Morgan fingerprint density at radius 1 is 1.24 bits per heavy atom. The van der Waals surface area contributed by atoms with E-state index in [4.69, 9.17) is 0 Å². The molecule has 1 rings (SSSR count). The second-order valence-electron chi connectivity index (χ2n) is 3.61. The first-order valence-electron chi connectivity index (χ1n) is 5.21. The number of aryl methyl sites for hydroxylation is 1. The zero-order valence-corrected chi connectivity index (χ0v) is 10.5. The topological polar surface area (TPSA) is 112 Å². The van der Waals surface area contributed by atoms with Crippen molar-refractivity contribution in [2.45, 2.75) is 31.6 Å². The van der Waals surface area contributed by atoms with Crippen LogP contribution in [0.4, 0.5) is 0 Å². The van der Waals surface area contributed by atoms with E-state index in [-0.39, 0.29) is 12.2 Å². The molecule has 0 saturated heterocycles. The van der Waals surface area contributed by atoms with Crippen LogP contribution in [0.5, 0.6) is 0 Å². The highest BCUT2D eigenvalue weighted by Crippen LogP contribution is 2.04. The van der Waals surface area contributed by atoms with Gasteiger partial charge in [0.05, 0.1) is 0 Å². The van der Waals surface area contributed by atoms with E-state index in [9.17, 15) is 18.0 Å². The lowest BCUT2D eigenvalue weighted by atomic mass is 10.3. The summed E-state index contributed by atoms with van der Waals surface area (Å²) < 4.78 is 25.9. The number of unbranched alkanes of at least 4 members (excludes halogenated alkanes) is 1. The molecule has 0 aliphatic rings. The Kier molecular flexibility index (Phi) is 4.24. The summed E-state index contributed by atoms with van der Waals surface area (Å²) in [5.41, 5.74) is -1.60. The van der Waals surface area contributed by atoms with E-state index in [0.717, 1.165) is 6.42 Å². The van der Waals surface area contributed by atoms with Crippen molar-refractivity contribution in [3.05, 3.63) is 26.5 Å². The highest BCUT2D eigenvalue weighted by Gasteiger charge is 2.21. The van der Waals surface area contributed by atoms with Gasteiger partial charge in [-0.15, -0.1) is 0 Å². The summed E-state index contributed by atoms with van der Waals surface area (Å²) in [6, 6.07) is 0. The zero-order chi connectivity index (χ0) is 13.1. The second kappa shape index (κ2) is 5.28. The van der Waals surface area contributed by atoms with Gasteiger partial charge in [-0.2, -0.15) is 0 Å². The summed E-state index contributed by atoms with van der Waals surface area (Å²) in [5, 5.41) is 0. The van der Waals surface area contributed by atoms with Crippen molar-refractivity contribution >= 4 is 10.0 Å². The molecule has 1 aromatic heterocycles. The third-order valence-corrected chi connectivity index (χ3v) is 3.78. The normalized spacial score (nSPS) is 11.6. The van der Waals surface area contributed by atoms with Crippen molar-refractivity contribution < 1.29 is 8.42 Å². The standard InChI is InChI=1S/C9H15N3O4S/c1-3-4-5-10-17(15,16)7-6(2)11-9(14)12-8(7)13/h10H,3-5H2,1-2H3,(H2,11,12,13,14). The van der Waals surface area contributed by atoms with Crippen molar-refractivity contribution in [1.82, 2.24) is 14.7 Å². The maximum atomic E-state index is 11.8. The molecule has 0 fully saturated rings. The van der Waals surface area contributed by atoms with Crippen LogP contribution in [0.1, 0.15) is 25.5 Å². The predicted molar refractivity (Wildman–Crippen MR) is 62.5 cm³/mol. The minimum absolute atomic E-state index is 0.0303. The van der Waals surface area contributed by atoms with Crippen LogP contribution in [0, 0.1) is 6.92 Å². The van der Waals surface area contributed by atoms with Crippen molar-refractivity contribution in [3.8, 4) is 0 Å². The maximum absolute atomic E-state index is 11.8. The smallest absolute Gasteiger partial charge is 0.310 e. The summed E-state index contributed by atoms with van der Waals surface area (Å²) in [7, 11) is -3.87. The molecule has 0 unspecified atom stereocenters. The van der Waals surface area contributed by atoms with Gasteiger partial charge in [-0.05, 0) is 13.3 Å². The molecule has 0 bridgehead atoms. The molecule has 7 nitrogen and oxygen atoms in total. The van der Waals surface area contributed by atoms with Crippen molar-refractivity contribution in [3.63, 3.8) is 0 Å². The minimum atomic E-state index is -3.87. The second-order valence-corrected chi connectivity index (χ2v) is 5.32. The number of aromatic amines is 2. The average Bonchev–Trinajstić information content (AvgIpc) is 2.15. The van der Waals surface area contributed by atoms with Gasteiger partial charge in [0.1, 0.15) is 0 Å². The maximum Gasteiger partial charge on any atom is 0.325 e. The number of nitrogens with one attached hydrogen (secondary N) is 3. The van der Waals surface area contributed by atoms with Gasteiger partial charge in [0.2, 0.25) is 10.0 Å². The van der Waals surface area contributed by atoms with Crippen LogP contribution in [0.3, 0.4) is 0 Å². The summed E-state index contributed by atoms with van der Waals surface area (Å²) >= 11 is 0. The van der Waals surface area contributed by atoms with Gasteiger partial charge >= 0.3 is 5.69 Å². The Labute approximate surface area is 98.3 Å². The van der Waals surface area contributed by atoms with Crippen molar-refractivity contribution in [2.75, 3.05) is 6.54 Å². The molecule has 96 valence electrons. The Morgan fingerprint density at radius 3 is 2.41 bits per heavy atom. The molecule has 0 spiro atoms. The van der Waals surface area contributed by atoms with E-state index < -0.39 is 26.2 Å². The number of hydrogen-bond acceptors (Lipinski definition) is 4. The van der Waals surface area contributed by atoms with Crippen LogP contribution in [0.2, 0.25) is 0 Å². The third-order valence-electron chi connectivity index (χ3n) is 2.17. The molecule has 1 heterocycles. The summed E-state index contributed by atoms with van der Waals surface area (Å²) in [6.45, 7) is 3.55. The van der Waals surface area contributed by atoms with Gasteiger partial charge < -0.3 is 4.98 Å². The number of hydrogen-bond donors (Lipinski definition) is 3. The first-order valence-corrected chi connectivity index (χ1v) is 6.69. The molecule has 0 aliphatic carbocycles. The van der Waals surface area contributed by atoms with Crippen LogP contribution in [0.25, 0.3) is 0 Å². The lowest BCUT2D eigenvalue weighted by Crippen LogP contribution is -2.35. The highest BCUT2D eigenvalue weighted by molar-refractivity contribution is 7.89. The van der Waals surface area contributed by atoms with Crippen LogP contribution in [0.15, 0.2) is 14.5 Å². The van der Waals surface area contributed by atoms with E-state index in [1.54, 1.807) is 0 Å². The van der Waals surface area contributed by atoms with Crippen LogP contribution in [-0.4, -0.2) is 24.9 Å². The largest absolute Gasteiger partial charge is 0.325 e. The average molecular weight is 261 g/mol. The van der Waals surface area contributed by atoms with Crippen LogP contribution in [-0.2, 0) is 10.0 Å². The van der Waals surface area contributed by atoms with Gasteiger partial charge in [-0.3, -0.25) is 9.78 Å². The van der Waals surface area contributed by atoms with Crippen LogP contribution < -0.4 is 16.0 Å². The first-order chi connectivity index (χ1) is 7.88. The molecule has 17 heavy (non-hydrogen) atoms. The Balaban J connectivity index is 3.16. The van der Waals surface area contributed by atoms with Gasteiger partial charge in [0.25, 0.3) is 5.56 Å². The van der Waals surface area contributed by atoms with Gasteiger partial charge in [0.15, 0.2) is 4.90 Å². The van der Waals surface area contributed by atoms with Crippen molar-refractivity contribution in [1.29, 1.82) is 0 Å². The lowest BCUT2D eigenvalue weighted by Gasteiger charge is -2.06. The molecule has 0 atom stereocenters. The van der Waals surface area contributed by atoms with E-state index >= 15 is 0 Å². The fourth-order valence-corrected chi connectivity index (χ4v) is 2.67. The fraction of sp³-hybridized carbons (Fsp3) is 0.556. The minimum Gasteiger partial charge on any atom is -0.310 e. The molecule has 0 radical (unpaired) electrons. The van der Waals surface area contributed by atoms with Gasteiger partial charge in [0, 0.05) is 12.2 Å². The summed E-state index contributed by atoms with van der Waals surface area (Å²) in [4.78, 5) is 26.1. The third kappa shape index (κ3) is 3.27. The summed E-state index contributed by atoms with van der Waals surface area (Å²) in [6.07, 6.45) is 1.52. The first kappa shape index (κ1) is 13.7. The number of H-pyrrole nitrogens is 2. The molecule has 0 amide bonds. The molecular formula is C9H15N3O4S. The predicted octanol–water partition coefficient (Wildman–Crippen LogP) is -0.550. The van der Waals surface area contributed by atoms with E-state index in [1.165, 1.54) is 6.92 Å². The number of sulfonamides is 1. The van der Waals surface area contributed by atoms with Gasteiger partial charge in [-0.1, -0.05) is 13.3 Å². The highest BCUT2D eigenvalue weighted by atomic mass is 32.2. The molecular weight excluding hydrogens is 246 g/mol.